The Labute approximate surface area is 143 Å². The Morgan fingerprint density at radius 2 is 1.75 bits per heavy atom. The van der Waals surface area contributed by atoms with Gasteiger partial charge in [-0.3, -0.25) is 14.5 Å². The number of aryl methyl sites for hydroxylation is 1. The lowest BCUT2D eigenvalue weighted by Crippen LogP contribution is -2.33. The first kappa shape index (κ1) is 17.0. The molecule has 1 amide bonds. The average molecular weight is 330 g/mol. The summed E-state index contributed by atoms with van der Waals surface area (Å²) in [4.78, 5) is 27.8. The molecule has 0 radical (unpaired) electrons. The van der Waals surface area contributed by atoms with Crippen molar-refractivity contribution in [2.45, 2.75) is 26.3 Å². The maximum atomic E-state index is 12.2. The zero-order valence-electron chi connectivity index (χ0n) is 14.5. The summed E-state index contributed by atoms with van der Waals surface area (Å²) in [5.74, 6) is 0.902. The van der Waals surface area contributed by atoms with Gasteiger partial charge in [0, 0.05) is 39.1 Å². The van der Waals surface area contributed by atoms with Crippen molar-refractivity contribution in [1.82, 2.24) is 9.80 Å². The number of hydrogen-bond acceptors (Lipinski definition) is 4. The zero-order chi connectivity index (χ0) is 17.1. The Hall–Kier alpha value is -1.88. The minimum Gasteiger partial charge on any atom is -0.469 e. The van der Waals surface area contributed by atoms with Crippen molar-refractivity contribution in [2.24, 2.45) is 11.8 Å². The molecule has 1 aromatic rings. The minimum absolute atomic E-state index is 0.0836. The Morgan fingerprint density at radius 3 is 2.38 bits per heavy atom. The molecule has 0 aromatic heterocycles. The van der Waals surface area contributed by atoms with E-state index in [1.54, 1.807) is 0 Å². The molecule has 0 N–H and O–H groups in total. The lowest BCUT2D eigenvalue weighted by molar-refractivity contribution is -0.143. The van der Waals surface area contributed by atoms with Crippen molar-refractivity contribution in [1.29, 1.82) is 0 Å². The number of rotatable bonds is 5. The summed E-state index contributed by atoms with van der Waals surface area (Å²) in [6, 6.07) is 8.54. The van der Waals surface area contributed by atoms with Gasteiger partial charge >= 0.3 is 5.97 Å². The van der Waals surface area contributed by atoms with Gasteiger partial charge < -0.3 is 9.64 Å². The third-order valence-corrected chi connectivity index (χ3v) is 5.34. The van der Waals surface area contributed by atoms with E-state index in [4.69, 9.17) is 0 Å². The molecule has 2 aliphatic heterocycles. The van der Waals surface area contributed by atoms with E-state index in [-0.39, 0.29) is 24.7 Å². The first-order chi connectivity index (χ1) is 11.6. The van der Waals surface area contributed by atoms with E-state index in [9.17, 15) is 9.59 Å². The van der Waals surface area contributed by atoms with Crippen LogP contribution < -0.4 is 0 Å². The van der Waals surface area contributed by atoms with Crippen LogP contribution in [0.5, 0.6) is 0 Å². The normalized spacial score (nSPS) is 23.3. The molecule has 2 fully saturated rings. The van der Waals surface area contributed by atoms with E-state index in [1.807, 2.05) is 4.90 Å². The van der Waals surface area contributed by atoms with Gasteiger partial charge in [-0.15, -0.1) is 0 Å². The van der Waals surface area contributed by atoms with Crippen molar-refractivity contribution in [3.05, 3.63) is 35.4 Å². The number of carbonyl (C=O) groups is 2. The minimum atomic E-state index is -0.313. The number of esters is 1. The zero-order valence-corrected chi connectivity index (χ0v) is 14.5. The molecule has 130 valence electrons. The number of carbonyl (C=O) groups excluding carboxylic acids is 2. The highest BCUT2D eigenvalue weighted by Gasteiger charge is 2.41. The van der Waals surface area contributed by atoms with Crippen LogP contribution in [0.25, 0.3) is 0 Å². The molecule has 0 unspecified atom stereocenters. The SMILES string of the molecule is COC(=O)CCC(=O)N1C[C@H]2CN(Cc3ccccc3C)C[C@@H]2C1. The highest BCUT2D eigenvalue weighted by atomic mass is 16.5. The van der Waals surface area contributed by atoms with E-state index in [0.29, 0.717) is 11.8 Å². The second-order valence-electron chi connectivity index (χ2n) is 7.02. The monoisotopic (exact) mass is 330 g/mol. The first-order valence-electron chi connectivity index (χ1n) is 8.68. The fourth-order valence-corrected chi connectivity index (χ4v) is 3.92. The van der Waals surface area contributed by atoms with Crippen LogP contribution in [0, 0.1) is 18.8 Å². The number of benzene rings is 1. The predicted molar refractivity (Wildman–Crippen MR) is 91.3 cm³/mol. The molecule has 0 saturated carbocycles. The molecule has 5 nitrogen and oxygen atoms in total. The Morgan fingerprint density at radius 1 is 1.08 bits per heavy atom. The fourth-order valence-electron chi connectivity index (χ4n) is 3.92. The van der Waals surface area contributed by atoms with Crippen LogP contribution in [0.2, 0.25) is 0 Å². The number of likely N-dealkylation sites (tertiary alicyclic amines) is 2. The van der Waals surface area contributed by atoms with Gasteiger partial charge in [0.25, 0.3) is 0 Å². The van der Waals surface area contributed by atoms with Crippen LogP contribution >= 0.6 is 0 Å². The molecule has 0 spiro atoms. The number of nitrogens with zero attached hydrogens (tertiary/aromatic N) is 2. The number of methoxy groups -OCH3 is 1. The third kappa shape index (κ3) is 3.78. The molecule has 2 saturated heterocycles. The van der Waals surface area contributed by atoms with Gasteiger partial charge in [-0.05, 0) is 29.9 Å². The van der Waals surface area contributed by atoms with Crippen molar-refractivity contribution in [2.75, 3.05) is 33.3 Å². The Balaban J connectivity index is 1.48. The maximum Gasteiger partial charge on any atom is 0.306 e. The van der Waals surface area contributed by atoms with Crippen molar-refractivity contribution >= 4 is 11.9 Å². The predicted octanol–water partition coefficient (Wildman–Crippen LogP) is 1.84. The van der Waals surface area contributed by atoms with Gasteiger partial charge in [0.05, 0.1) is 13.5 Å². The first-order valence-corrected chi connectivity index (χ1v) is 8.68. The van der Waals surface area contributed by atoms with E-state index >= 15 is 0 Å². The highest BCUT2D eigenvalue weighted by Crippen LogP contribution is 2.32. The molecule has 2 heterocycles. The van der Waals surface area contributed by atoms with Crippen LogP contribution in [-0.2, 0) is 20.9 Å². The molecular weight excluding hydrogens is 304 g/mol. The second-order valence-corrected chi connectivity index (χ2v) is 7.02. The Kier molecular flexibility index (Phi) is 5.19. The third-order valence-electron chi connectivity index (χ3n) is 5.34. The summed E-state index contributed by atoms with van der Waals surface area (Å²) < 4.78 is 4.60. The lowest BCUT2D eigenvalue weighted by Gasteiger charge is -2.22. The van der Waals surface area contributed by atoms with Crippen molar-refractivity contribution in [3.63, 3.8) is 0 Å². The van der Waals surface area contributed by atoms with Gasteiger partial charge in [0.15, 0.2) is 0 Å². The summed E-state index contributed by atoms with van der Waals surface area (Å²) in [6.07, 6.45) is 0.444. The smallest absolute Gasteiger partial charge is 0.306 e. The van der Waals surface area contributed by atoms with Gasteiger partial charge in [-0.25, -0.2) is 0 Å². The largest absolute Gasteiger partial charge is 0.469 e. The van der Waals surface area contributed by atoms with Crippen LogP contribution in [0.4, 0.5) is 0 Å². The molecule has 1 aromatic carbocycles. The van der Waals surface area contributed by atoms with Crippen LogP contribution in [-0.4, -0.2) is 55.0 Å². The van der Waals surface area contributed by atoms with E-state index in [2.05, 4.69) is 40.8 Å². The van der Waals surface area contributed by atoms with Crippen LogP contribution in [0.3, 0.4) is 0 Å². The summed E-state index contributed by atoms with van der Waals surface area (Å²) in [7, 11) is 1.36. The van der Waals surface area contributed by atoms with Crippen LogP contribution in [0.15, 0.2) is 24.3 Å². The number of amides is 1. The molecule has 0 aliphatic carbocycles. The molecule has 3 rings (SSSR count). The molecule has 5 heteroatoms. The topological polar surface area (TPSA) is 49.9 Å². The van der Waals surface area contributed by atoms with Gasteiger partial charge in [-0.1, -0.05) is 24.3 Å². The Bertz CT molecular complexity index is 602. The van der Waals surface area contributed by atoms with Gasteiger partial charge in [0.2, 0.25) is 5.91 Å². The number of hydrogen-bond donors (Lipinski definition) is 0. The molecule has 2 aliphatic rings. The average Bonchev–Trinajstić information content (AvgIpc) is 3.12. The molecule has 24 heavy (non-hydrogen) atoms. The fraction of sp³-hybridized carbons (Fsp3) is 0.579. The number of fused-ring (bicyclic) bond motifs is 1. The van der Waals surface area contributed by atoms with Crippen molar-refractivity contribution < 1.29 is 14.3 Å². The summed E-state index contributed by atoms with van der Waals surface area (Å²) in [5, 5.41) is 0. The lowest BCUT2D eigenvalue weighted by atomic mass is 10.0. The molecule has 0 bridgehead atoms. The van der Waals surface area contributed by atoms with Gasteiger partial charge in [0.1, 0.15) is 0 Å². The van der Waals surface area contributed by atoms with E-state index < -0.39 is 0 Å². The second kappa shape index (κ2) is 7.34. The summed E-state index contributed by atoms with van der Waals surface area (Å²) in [5.41, 5.74) is 2.73. The molecule has 2 atom stereocenters. The van der Waals surface area contributed by atoms with Crippen LogP contribution in [0.1, 0.15) is 24.0 Å². The van der Waals surface area contributed by atoms with E-state index in [1.165, 1.54) is 18.2 Å². The maximum absolute atomic E-state index is 12.2. The highest BCUT2D eigenvalue weighted by molar-refractivity contribution is 5.81. The standard InChI is InChI=1S/C19H26N2O3/c1-14-5-3-4-6-15(14)9-20-10-16-12-21(13-17(16)11-20)18(22)7-8-19(23)24-2/h3-6,16-17H,7-13H2,1-2H3/t16-,17-/m1/s1. The quantitative estimate of drug-likeness (QED) is 0.773. The molecular formula is C19H26N2O3. The van der Waals surface area contributed by atoms with Gasteiger partial charge in [-0.2, -0.15) is 0 Å². The number of ether oxygens (including phenoxy) is 1. The van der Waals surface area contributed by atoms with Crippen molar-refractivity contribution in [3.8, 4) is 0 Å². The van der Waals surface area contributed by atoms with E-state index in [0.717, 1.165) is 32.7 Å². The summed E-state index contributed by atoms with van der Waals surface area (Å²) in [6.45, 7) is 6.92. The summed E-state index contributed by atoms with van der Waals surface area (Å²) >= 11 is 0.